The summed E-state index contributed by atoms with van der Waals surface area (Å²) in [5.74, 6) is 0. The molecular weight excluding hydrogens is 275 g/mol. The molecule has 0 unspecified atom stereocenters. The molecule has 3 N–H and O–H groups in total. The Hall–Kier alpha value is -1.12. The molecule has 0 fully saturated rings. The monoisotopic (exact) mass is 278 g/mol. The van der Waals surface area contributed by atoms with Crippen LogP contribution < -0.4 is 11.2 Å². The lowest BCUT2D eigenvalue weighted by atomic mass is 10.5. The Morgan fingerprint density at radius 2 is 1.92 bits per heavy atom. The Labute approximate surface area is 78.6 Å². The predicted molar refractivity (Wildman–Crippen MR) is 50.1 cm³/mol. The van der Waals surface area contributed by atoms with E-state index in [0.29, 0.717) is 9.35 Å². The van der Waals surface area contributed by atoms with Gasteiger partial charge in [-0.05, 0) is 22.6 Å². The zero-order chi connectivity index (χ0) is 8.72. The Balaban J connectivity index is 3.08. The van der Waals surface area contributed by atoms with Crippen LogP contribution in [0, 0.1) is 3.83 Å². The van der Waals surface area contributed by atoms with E-state index < -0.39 is 11.2 Å². The van der Waals surface area contributed by atoms with Crippen molar-refractivity contribution in [2.45, 2.75) is 0 Å². The number of halogens is 1. The Morgan fingerprint density at radius 1 is 1.17 bits per heavy atom. The highest BCUT2D eigenvalue weighted by atomic mass is 127. The summed E-state index contributed by atoms with van der Waals surface area (Å²) in [5, 5.41) is 0. The zero-order valence-electron chi connectivity index (χ0n) is 5.64. The highest BCUT2D eigenvalue weighted by molar-refractivity contribution is 14.1. The number of aromatic amines is 3. The van der Waals surface area contributed by atoms with E-state index in [-0.39, 0.29) is 5.65 Å². The molecule has 12 heavy (non-hydrogen) atoms. The molecule has 0 bridgehead atoms. The number of aromatic nitrogens is 4. The van der Waals surface area contributed by atoms with Crippen molar-refractivity contribution in [3.63, 3.8) is 0 Å². The first-order valence-electron chi connectivity index (χ1n) is 3.04. The lowest BCUT2D eigenvalue weighted by molar-refractivity contribution is 1.07. The smallest absolute Gasteiger partial charge is 0.327 e. The topological polar surface area (TPSA) is 94.4 Å². The van der Waals surface area contributed by atoms with Gasteiger partial charge in [-0.1, -0.05) is 0 Å². The molecule has 0 amide bonds. The van der Waals surface area contributed by atoms with Gasteiger partial charge in [0.05, 0.1) is 0 Å². The molecular formula is C5H3IN4O2. The molecule has 0 aliphatic heterocycles. The van der Waals surface area contributed by atoms with Gasteiger partial charge in [0, 0.05) is 0 Å². The molecule has 62 valence electrons. The summed E-state index contributed by atoms with van der Waals surface area (Å²) >= 11 is 1.92. The van der Waals surface area contributed by atoms with Crippen LogP contribution in [0.25, 0.3) is 11.2 Å². The Bertz CT molecular complexity index is 536. The van der Waals surface area contributed by atoms with Crippen molar-refractivity contribution in [1.82, 2.24) is 19.9 Å². The number of imidazole rings is 1. The molecule has 2 rings (SSSR count). The van der Waals surface area contributed by atoms with Gasteiger partial charge in [-0.2, -0.15) is 0 Å². The van der Waals surface area contributed by atoms with E-state index in [9.17, 15) is 9.59 Å². The van der Waals surface area contributed by atoms with E-state index in [0.717, 1.165) is 0 Å². The van der Waals surface area contributed by atoms with Gasteiger partial charge < -0.3 is 4.98 Å². The quantitative estimate of drug-likeness (QED) is 0.449. The normalized spacial score (nSPS) is 10.8. The van der Waals surface area contributed by atoms with Crippen LogP contribution in [0.4, 0.5) is 0 Å². The lowest BCUT2D eigenvalue weighted by Crippen LogP contribution is -2.21. The van der Waals surface area contributed by atoms with Gasteiger partial charge in [0.15, 0.2) is 9.48 Å². The van der Waals surface area contributed by atoms with Crippen molar-refractivity contribution in [1.29, 1.82) is 0 Å². The summed E-state index contributed by atoms with van der Waals surface area (Å²) in [6.07, 6.45) is 0. The molecule has 7 heteroatoms. The third-order valence-electron chi connectivity index (χ3n) is 1.36. The average Bonchev–Trinajstić information content (AvgIpc) is 2.29. The van der Waals surface area contributed by atoms with E-state index in [1.165, 1.54) is 0 Å². The van der Waals surface area contributed by atoms with Gasteiger partial charge in [-0.15, -0.1) is 0 Å². The van der Waals surface area contributed by atoms with Crippen LogP contribution in [0.2, 0.25) is 0 Å². The molecule has 0 saturated carbocycles. The van der Waals surface area contributed by atoms with Crippen molar-refractivity contribution in [3.05, 3.63) is 24.7 Å². The van der Waals surface area contributed by atoms with E-state index in [1.54, 1.807) is 0 Å². The molecule has 0 aromatic carbocycles. The molecule has 2 aromatic rings. The summed E-state index contributed by atoms with van der Waals surface area (Å²) in [5.41, 5.74) is -0.424. The van der Waals surface area contributed by atoms with Gasteiger partial charge in [-0.3, -0.25) is 14.8 Å². The Morgan fingerprint density at radius 3 is 2.67 bits per heavy atom. The maximum atomic E-state index is 11.1. The fraction of sp³-hybridized carbons (Fsp3) is 0. The van der Waals surface area contributed by atoms with Gasteiger partial charge in [0.25, 0.3) is 5.56 Å². The highest BCUT2D eigenvalue weighted by Gasteiger charge is 2.04. The van der Waals surface area contributed by atoms with Crippen LogP contribution in [0.15, 0.2) is 9.59 Å². The van der Waals surface area contributed by atoms with Gasteiger partial charge in [-0.25, -0.2) is 9.78 Å². The van der Waals surface area contributed by atoms with Crippen LogP contribution in [-0.2, 0) is 0 Å². The Kier molecular flexibility index (Phi) is 1.53. The van der Waals surface area contributed by atoms with E-state index in [4.69, 9.17) is 0 Å². The molecule has 0 atom stereocenters. The maximum Gasteiger partial charge on any atom is 0.327 e. The third kappa shape index (κ3) is 1.05. The second kappa shape index (κ2) is 2.44. The SMILES string of the molecule is O=c1[nH]c(=O)c2[nH]c(I)nc2[nH]1. The number of nitrogens with one attached hydrogen (secondary N) is 3. The molecule has 2 heterocycles. The van der Waals surface area contributed by atoms with E-state index in [1.807, 2.05) is 22.6 Å². The highest BCUT2D eigenvalue weighted by Crippen LogP contribution is 2.02. The number of hydrogen-bond acceptors (Lipinski definition) is 3. The molecule has 2 aromatic heterocycles. The summed E-state index contributed by atoms with van der Waals surface area (Å²) in [6.45, 7) is 0. The van der Waals surface area contributed by atoms with Crippen molar-refractivity contribution in [2.24, 2.45) is 0 Å². The summed E-state index contributed by atoms with van der Waals surface area (Å²) in [7, 11) is 0. The minimum Gasteiger partial charge on any atom is -0.327 e. The minimum absolute atomic E-state index is 0.285. The van der Waals surface area contributed by atoms with Gasteiger partial charge in [0.1, 0.15) is 5.52 Å². The average molecular weight is 278 g/mol. The van der Waals surface area contributed by atoms with Gasteiger partial charge >= 0.3 is 5.69 Å². The van der Waals surface area contributed by atoms with E-state index >= 15 is 0 Å². The van der Waals surface area contributed by atoms with Crippen LogP contribution in [0.5, 0.6) is 0 Å². The number of rotatable bonds is 0. The minimum atomic E-state index is -0.546. The predicted octanol–water partition coefficient (Wildman–Crippen LogP) is -0.456. The summed E-state index contributed by atoms with van der Waals surface area (Å²) in [4.78, 5) is 32.9. The number of H-pyrrole nitrogens is 3. The van der Waals surface area contributed by atoms with Gasteiger partial charge in [0.2, 0.25) is 0 Å². The zero-order valence-corrected chi connectivity index (χ0v) is 7.80. The standard InChI is InChI=1S/C5H3IN4O2/c6-4-7-1-2(8-4)9-5(12)10-3(1)11/h(H3,7,8,9,10,11,12). The fourth-order valence-corrected chi connectivity index (χ4v) is 1.41. The van der Waals surface area contributed by atoms with Crippen molar-refractivity contribution in [3.8, 4) is 0 Å². The lowest BCUT2D eigenvalue weighted by Gasteiger charge is -1.83. The van der Waals surface area contributed by atoms with Crippen molar-refractivity contribution < 1.29 is 0 Å². The molecule has 0 aliphatic rings. The molecule has 0 aliphatic carbocycles. The van der Waals surface area contributed by atoms with E-state index in [2.05, 4.69) is 19.9 Å². The molecule has 0 saturated heterocycles. The first-order valence-corrected chi connectivity index (χ1v) is 4.12. The molecule has 0 radical (unpaired) electrons. The van der Waals surface area contributed by atoms with Crippen LogP contribution >= 0.6 is 22.6 Å². The number of hydrogen-bond donors (Lipinski definition) is 3. The maximum absolute atomic E-state index is 11.1. The summed E-state index contributed by atoms with van der Waals surface area (Å²) in [6, 6.07) is 0. The van der Waals surface area contributed by atoms with Crippen LogP contribution in [0.1, 0.15) is 0 Å². The number of fused-ring (bicyclic) bond motifs is 1. The number of nitrogens with zero attached hydrogens (tertiary/aromatic N) is 1. The second-order valence-corrected chi connectivity index (χ2v) is 3.18. The second-order valence-electron chi connectivity index (χ2n) is 2.16. The largest absolute Gasteiger partial charge is 0.327 e. The first kappa shape index (κ1) is 7.53. The third-order valence-corrected chi connectivity index (χ3v) is 1.87. The van der Waals surface area contributed by atoms with Crippen molar-refractivity contribution >= 4 is 33.8 Å². The molecule has 6 nitrogen and oxygen atoms in total. The summed E-state index contributed by atoms with van der Waals surface area (Å²) < 4.78 is 0.565. The molecule has 0 spiro atoms. The first-order chi connectivity index (χ1) is 5.66. The van der Waals surface area contributed by atoms with Crippen LogP contribution in [-0.4, -0.2) is 19.9 Å². The van der Waals surface area contributed by atoms with Crippen LogP contribution in [0.3, 0.4) is 0 Å². The fourth-order valence-electron chi connectivity index (χ4n) is 0.904. The van der Waals surface area contributed by atoms with Crippen molar-refractivity contribution in [2.75, 3.05) is 0 Å².